The fraction of sp³-hybridized carbons (Fsp3) is 0.250. The summed E-state index contributed by atoms with van der Waals surface area (Å²) >= 11 is 12.4. The van der Waals surface area contributed by atoms with Crippen LogP contribution in [-0.4, -0.2) is 23.3 Å². The highest BCUT2D eigenvalue weighted by atomic mass is 35.5. The second kappa shape index (κ2) is 7.81. The molecule has 1 aromatic carbocycles. The molecule has 0 spiro atoms. The van der Waals surface area contributed by atoms with Gasteiger partial charge in [-0.15, -0.1) is 11.3 Å². The molecule has 0 fully saturated rings. The molecular formula is C16H15Cl2NO3S. The molecule has 122 valence electrons. The Hall–Kier alpha value is -1.56. The van der Waals surface area contributed by atoms with E-state index in [1.807, 2.05) is 37.3 Å². The van der Waals surface area contributed by atoms with Crippen molar-refractivity contribution in [2.24, 2.45) is 0 Å². The Kier molecular flexibility index (Phi) is 6.04. The minimum absolute atomic E-state index is 0.239. The van der Waals surface area contributed by atoms with Crippen molar-refractivity contribution in [3.05, 3.63) is 40.8 Å². The van der Waals surface area contributed by atoms with Crippen LogP contribution in [0, 0.1) is 6.92 Å². The third-order valence-corrected chi connectivity index (χ3v) is 4.48. The predicted molar refractivity (Wildman–Crippen MR) is 94.6 cm³/mol. The lowest BCUT2D eigenvalue weighted by Crippen LogP contribution is -2.19. The zero-order chi connectivity index (χ0) is 17.0. The van der Waals surface area contributed by atoms with E-state index in [1.54, 1.807) is 6.92 Å². The minimum atomic E-state index is -1.22. The summed E-state index contributed by atoms with van der Waals surface area (Å²) in [5, 5.41) is 2.98. The van der Waals surface area contributed by atoms with E-state index in [0.29, 0.717) is 10.6 Å². The maximum atomic E-state index is 12.4. The first kappa shape index (κ1) is 17.8. The van der Waals surface area contributed by atoms with Gasteiger partial charge in [0.25, 0.3) is 5.91 Å². The number of anilines is 1. The number of aryl methyl sites for hydroxylation is 1. The second-order valence-corrected chi connectivity index (χ2v) is 6.93. The quantitative estimate of drug-likeness (QED) is 0.614. The summed E-state index contributed by atoms with van der Waals surface area (Å²) in [6.45, 7) is 3.85. The number of hydrogen-bond donors (Lipinski definition) is 1. The zero-order valence-electron chi connectivity index (χ0n) is 12.6. The second-order valence-electron chi connectivity index (χ2n) is 4.61. The van der Waals surface area contributed by atoms with E-state index in [2.05, 4.69) is 5.32 Å². The van der Waals surface area contributed by atoms with Crippen molar-refractivity contribution < 1.29 is 14.3 Å². The van der Waals surface area contributed by atoms with Gasteiger partial charge < -0.3 is 10.1 Å². The number of benzene rings is 1. The maximum Gasteiger partial charge on any atom is 0.341 e. The van der Waals surface area contributed by atoms with E-state index < -0.39 is 16.7 Å². The molecule has 0 unspecified atom stereocenters. The number of ether oxygens (including phenoxy) is 1. The van der Waals surface area contributed by atoms with Gasteiger partial charge in [-0.05, 0) is 19.4 Å². The SMILES string of the molecule is CCOC(=O)c1c(NC(=O)C(Cl)Cl)sc(C)c1-c1ccccc1. The summed E-state index contributed by atoms with van der Waals surface area (Å²) in [4.78, 5) is 23.8. The lowest BCUT2D eigenvalue weighted by molar-refractivity contribution is -0.114. The Morgan fingerprint density at radius 1 is 1.26 bits per heavy atom. The smallest absolute Gasteiger partial charge is 0.341 e. The van der Waals surface area contributed by atoms with Gasteiger partial charge >= 0.3 is 5.97 Å². The topological polar surface area (TPSA) is 55.4 Å². The average molecular weight is 372 g/mol. The number of amides is 1. The molecule has 0 aliphatic rings. The summed E-state index contributed by atoms with van der Waals surface area (Å²) in [5.41, 5.74) is 1.94. The highest BCUT2D eigenvalue weighted by molar-refractivity contribution is 7.17. The summed E-state index contributed by atoms with van der Waals surface area (Å²) in [6.07, 6.45) is 0. The molecule has 4 nitrogen and oxygen atoms in total. The van der Waals surface area contributed by atoms with E-state index in [4.69, 9.17) is 27.9 Å². The van der Waals surface area contributed by atoms with Gasteiger partial charge in [0.05, 0.1) is 6.61 Å². The van der Waals surface area contributed by atoms with Crippen LogP contribution in [-0.2, 0) is 9.53 Å². The van der Waals surface area contributed by atoms with Crippen LogP contribution in [0.2, 0.25) is 0 Å². The summed E-state index contributed by atoms with van der Waals surface area (Å²) in [5.74, 6) is -1.08. The number of thiophene rings is 1. The molecule has 1 amide bonds. The Bertz CT molecular complexity index is 714. The Morgan fingerprint density at radius 3 is 2.48 bits per heavy atom. The molecule has 0 saturated carbocycles. The van der Waals surface area contributed by atoms with Crippen LogP contribution in [0.1, 0.15) is 22.2 Å². The fourth-order valence-electron chi connectivity index (χ4n) is 2.15. The van der Waals surface area contributed by atoms with Crippen LogP contribution in [0.15, 0.2) is 30.3 Å². The molecule has 0 saturated heterocycles. The standard InChI is InChI=1S/C16H15Cl2NO3S/c1-3-22-16(21)12-11(10-7-5-4-6-8-10)9(2)23-15(12)19-14(20)13(17)18/h4-8,13H,3H2,1-2H3,(H,19,20). The lowest BCUT2D eigenvalue weighted by Gasteiger charge is -2.09. The van der Waals surface area contributed by atoms with Crippen molar-refractivity contribution in [1.82, 2.24) is 0 Å². The number of hydrogen-bond acceptors (Lipinski definition) is 4. The fourth-order valence-corrected chi connectivity index (χ4v) is 3.33. The molecule has 0 aliphatic carbocycles. The molecule has 2 aromatic rings. The Morgan fingerprint density at radius 2 is 1.91 bits per heavy atom. The first-order valence-corrected chi connectivity index (χ1v) is 8.59. The van der Waals surface area contributed by atoms with Crippen LogP contribution < -0.4 is 5.32 Å². The molecule has 0 atom stereocenters. The minimum Gasteiger partial charge on any atom is -0.462 e. The van der Waals surface area contributed by atoms with Crippen LogP contribution >= 0.6 is 34.5 Å². The normalized spacial score (nSPS) is 10.7. The van der Waals surface area contributed by atoms with Crippen molar-refractivity contribution in [3.63, 3.8) is 0 Å². The van der Waals surface area contributed by atoms with Crippen molar-refractivity contribution in [2.45, 2.75) is 18.7 Å². The van der Waals surface area contributed by atoms with Gasteiger partial charge in [0.15, 0.2) is 4.84 Å². The molecule has 23 heavy (non-hydrogen) atoms. The Labute approximate surface area is 148 Å². The molecule has 1 N–H and O–H groups in total. The van der Waals surface area contributed by atoms with E-state index in [1.165, 1.54) is 11.3 Å². The molecule has 0 bridgehead atoms. The van der Waals surface area contributed by atoms with Crippen molar-refractivity contribution in [2.75, 3.05) is 11.9 Å². The van der Waals surface area contributed by atoms with Gasteiger partial charge in [0, 0.05) is 10.4 Å². The van der Waals surface area contributed by atoms with E-state index in [0.717, 1.165) is 16.0 Å². The summed E-state index contributed by atoms with van der Waals surface area (Å²) in [6, 6.07) is 9.45. The molecule has 2 rings (SSSR count). The third kappa shape index (κ3) is 4.05. The first-order valence-electron chi connectivity index (χ1n) is 6.90. The van der Waals surface area contributed by atoms with Crippen molar-refractivity contribution >= 4 is 51.4 Å². The number of esters is 1. The van der Waals surface area contributed by atoms with E-state index in [9.17, 15) is 9.59 Å². The molecule has 0 radical (unpaired) electrons. The number of nitrogens with one attached hydrogen (secondary N) is 1. The van der Waals surface area contributed by atoms with Crippen molar-refractivity contribution in [3.8, 4) is 11.1 Å². The lowest BCUT2D eigenvalue weighted by atomic mass is 10.0. The van der Waals surface area contributed by atoms with Crippen LogP contribution in [0.25, 0.3) is 11.1 Å². The van der Waals surface area contributed by atoms with Gasteiger partial charge in [-0.2, -0.15) is 0 Å². The van der Waals surface area contributed by atoms with Crippen LogP contribution in [0.3, 0.4) is 0 Å². The number of rotatable bonds is 5. The Balaban J connectivity index is 2.55. The van der Waals surface area contributed by atoms with Crippen LogP contribution in [0.4, 0.5) is 5.00 Å². The molecular weight excluding hydrogens is 357 g/mol. The van der Waals surface area contributed by atoms with Gasteiger partial charge in [-0.1, -0.05) is 53.5 Å². The van der Waals surface area contributed by atoms with Crippen molar-refractivity contribution in [1.29, 1.82) is 0 Å². The van der Waals surface area contributed by atoms with E-state index >= 15 is 0 Å². The number of alkyl halides is 2. The van der Waals surface area contributed by atoms with Crippen LogP contribution in [0.5, 0.6) is 0 Å². The van der Waals surface area contributed by atoms with E-state index in [-0.39, 0.29) is 6.61 Å². The number of halogens is 2. The number of carbonyl (C=O) groups is 2. The largest absolute Gasteiger partial charge is 0.462 e. The summed E-state index contributed by atoms with van der Waals surface area (Å²) < 4.78 is 5.14. The van der Waals surface area contributed by atoms with Gasteiger partial charge in [-0.3, -0.25) is 4.79 Å². The number of carbonyl (C=O) groups excluding carboxylic acids is 2. The third-order valence-electron chi connectivity index (χ3n) is 3.06. The molecule has 7 heteroatoms. The molecule has 1 heterocycles. The summed E-state index contributed by atoms with van der Waals surface area (Å²) in [7, 11) is 0. The highest BCUT2D eigenvalue weighted by Gasteiger charge is 2.26. The zero-order valence-corrected chi connectivity index (χ0v) is 14.9. The molecule has 1 aromatic heterocycles. The predicted octanol–water partition coefficient (Wildman–Crippen LogP) is 4.64. The monoisotopic (exact) mass is 371 g/mol. The highest BCUT2D eigenvalue weighted by Crippen LogP contribution is 2.40. The van der Waals surface area contributed by atoms with Gasteiger partial charge in [-0.25, -0.2) is 4.79 Å². The first-order chi connectivity index (χ1) is 11.0. The van der Waals surface area contributed by atoms with Gasteiger partial charge in [0.1, 0.15) is 10.6 Å². The maximum absolute atomic E-state index is 12.4. The molecule has 0 aliphatic heterocycles. The average Bonchev–Trinajstić information content (AvgIpc) is 2.84. The van der Waals surface area contributed by atoms with Gasteiger partial charge in [0.2, 0.25) is 0 Å².